The second-order valence-corrected chi connectivity index (χ2v) is 4.39. The molecule has 0 spiro atoms. The smallest absolute Gasteiger partial charge is 0.342 e. The minimum atomic E-state index is -0.720. The van der Waals surface area contributed by atoms with Crippen LogP contribution in [-0.2, 0) is 4.79 Å². The SMILES string of the molecule is O=C(CSc1n[nH]c(=O)[nH]c1=O)N(CCO)CCO. The van der Waals surface area contributed by atoms with Crippen molar-refractivity contribution in [3.63, 3.8) is 0 Å². The molecule has 0 aliphatic rings. The molecule has 0 aromatic carbocycles. The van der Waals surface area contributed by atoms with Crippen LogP contribution in [0.25, 0.3) is 0 Å². The van der Waals surface area contributed by atoms with Gasteiger partial charge in [-0.3, -0.25) is 14.6 Å². The summed E-state index contributed by atoms with van der Waals surface area (Å²) in [7, 11) is 0. The molecule has 0 radical (unpaired) electrons. The number of carbonyl (C=O) groups is 1. The van der Waals surface area contributed by atoms with Crippen molar-refractivity contribution in [1.82, 2.24) is 20.1 Å². The Morgan fingerprint density at radius 3 is 2.42 bits per heavy atom. The zero-order chi connectivity index (χ0) is 14.3. The zero-order valence-electron chi connectivity index (χ0n) is 9.96. The van der Waals surface area contributed by atoms with Crippen LogP contribution in [0.1, 0.15) is 0 Å². The van der Waals surface area contributed by atoms with Crippen molar-refractivity contribution in [2.45, 2.75) is 5.03 Å². The maximum Gasteiger partial charge on any atom is 0.342 e. The lowest BCUT2D eigenvalue weighted by atomic mass is 10.4. The number of nitrogens with one attached hydrogen (secondary N) is 2. The summed E-state index contributed by atoms with van der Waals surface area (Å²) in [6.07, 6.45) is 0. The number of nitrogens with zero attached hydrogens (tertiary/aromatic N) is 2. The lowest BCUT2D eigenvalue weighted by Crippen LogP contribution is -2.37. The number of aromatic nitrogens is 3. The van der Waals surface area contributed by atoms with E-state index in [1.807, 2.05) is 4.98 Å². The molecule has 0 unspecified atom stereocenters. The van der Waals surface area contributed by atoms with E-state index in [1.165, 1.54) is 4.90 Å². The van der Waals surface area contributed by atoms with Gasteiger partial charge in [0.15, 0.2) is 5.03 Å². The van der Waals surface area contributed by atoms with Crippen molar-refractivity contribution < 1.29 is 15.0 Å². The van der Waals surface area contributed by atoms with Crippen molar-refractivity contribution in [2.24, 2.45) is 0 Å². The number of amides is 1. The summed E-state index contributed by atoms with van der Waals surface area (Å²) in [5.41, 5.74) is -1.39. The molecular formula is C9H14N4O5S. The molecule has 0 saturated carbocycles. The van der Waals surface area contributed by atoms with Crippen LogP contribution in [0.4, 0.5) is 0 Å². The fourth-order valence-electron chi connectivity index (χ4n) is 1.26. The van der Waals surface area contributed by atoms with Crippen LogP contribution in [0.2, 0.25) is 0 Å². The summed E-state index contributed by atoms with van der Waals surface area (Å²) in [6, 6.07) is 0. The van der Waals surface area contributed by atoms with Crippen LogP contribution in [0.3, 0.4) is 0 Å². The molecule has 1 amide bonds. The third-order valence-corrected chi connectivity index (χ3v) is 3.05. The van der Waals surface area contributed by atoms with Gasteiger partial charge in [-0.1, -0.05) is 11.8 Å². The number of hydrogen-bond donors (Lipinski definition) is 4. The van der Waals surface area contributed by atoms with Gasteiger partial charge in [0, 0.05) is 13.1 Å². The molecule has 1 aromatic heterocycles. The molecule has 0 bridgehead atoms. The first-order valence-corrected chi connectivity index (χ1v) is 6.38. The van der Waals surface area contributed by atoms with E-state index in [1.54, 1.807) is 0 Å². The van der Waals surface area contributed by atoms with Crippen molar-refractivity contribution in [1.29, 1.82) is 0 Å². The van der Waals surface area contributed by atoms with Gasteiger partial charge in [-0.15, -0.1) is 0 Å². The van der Waals surface area contributed by atoms with Crippen molar-refractivity contribution in [2.75, 3.05) is 32.1 Å². The standard InChI is InChI=1S/C9H14N4O5S/c14-3-1-13(2-4-15)6(16)5-19-8-7(17)10-9(18)12-11-8/h14-15H,1-5H2,(H2,10,12,17,18). The van der Waals surface area contributed by atoms with Gasteiger partial charge in [-0.2, -0.15) is 5.10 Å². The molecule has 0 aliphatic carbocycles. The predicted molar refractivity (Wildman–Crippen MR) is 67.0 cm³/mol. The third-order valence-electron chi connectivity index (χ3n) is 2.11. The molecule has 9 nitrogen and oxygen atoms in total. The summed E-state index contributed by atoms with van der Waals surface area (Å²) < 4.78 is 0. The normalized spacial score (nSPS) is 10.4. The first kappa shape index (κ1) is 15.4. The second kappa shape index (κ2) is 7.71. The maximum atomic E-state index is 11.7. The third kappa shape index (κ3) is 4.85. The molecule has 1 aromatic rings. The molecule has 0 aliphatic heterocycles. The highest BCUT2D eigenvalue weighted by molar-refractivity contribution is 7.99. The minimum Gasteiger partial charge on any atom is -0.395 e. The van der Waals surface area contributed by atoms with E-state index in [9.17, 15) is 14.4 Å². The Morgan fingerprint density at radius 1 is 1.26 bits per heavy atom. The number of rotatable bonds is 7. The van der Waals surface area contributed by atoms with E-state index >= 15 is 0 Å². The van der Waals surface area contributed by atoms with Crippen molar-refractivity contribution >= 4 is 17.7 Å². The van der Waals surface area contributed by atoms with Gasteiger partial charge >= 0.3 is 5.69 Å². The zero-order valence-corrected chi connectivity index (χ0v) is 10.8. The molecule has 0 atom stereocenters. The molecule has 1 heterocycles. The van der Waals surface area contributed by atoms with Crippen molar-refractivity contribution in [3.05, 3.63) is 20.8 Å². The Kier molecular flexibility index (Phi) is 6.25. The number of aliphatic hydroxyl groups excluding tert-OH is 2. The molecule has 19 heavy (non-hydrogen) atoms. The van der Waals surface area contributed by atoms with E-state index in [4.69, 9.17) is 10.2 Å². The highest BCUT2D eigenvalue weighted by atomic mass is 32.2. The van der Waals surface area contributed by atoms with E-state index in [0.717, 1.165) is 11.8 Å². The van der Waals surface area contributed by atoms with Crippen LogP contribution >= 0.6 is 11.8 Å². The summed E-state index contributed by atoms with van der Waals surface area (Å²) in [5.74, 6) is -0.428. The fraction of sp³-hybridized carbons (Fsp3) is 0.556. The van der Waals surface area contributed by atoms with E-state index in [-0.39, 0.29) is 43.0 Å². The molecule has 1 rings (SSSR count). The molecular weight excluding hydrogens is 276 g/mol. The highest BCUT2D eigenvalue weighted by Crippen LogP contribution is 2.09. The number of H-pyrrole nitrogens is 2. The van der Waals surface area contributed by atoms with Crippen LogP contribution < -0.4 is 11.2 Å². The van der Waals surface area contributed by atoms with E-state index in [0.29, 0.717) is 0 Å². The van der Waals surface area contributed by atoms with Gasteiger partial charge in [-0.25, -0.2) is 9.89 Å². The number of hydrogen-bond acceptors (Lipinski definition) is 7. The van der Waals surface area contributed by atoms with Crippen LogP contribution in [0.5, 0.6) is 0 Å². The van der Waals surface area contributed by atoms with Gasteiger partial charge in [0.05, 0.1) is 19.0 Å². The Bertz CT molecular complexity index is 522. The summed E-state index contributed by atoms with van der Waals surface area (Å²) >= 11 is 0.864. The van der Waals surface area contributed by atoms with Gasteiger partial charge in [0.2, 0.25) is 5.91 Å². The molecule has 4 N–H and O–H groups in total. The Hall–Kier alpha value is -1.65. The number of thioether (sulfide) groups is 1. The van der Waals surface area contributed by atoms with Crippen LogP contribution in [0.15, 0.2) is 14.6 Å². The average Bonchev–Trinajstić information content (AvgIpc) is 2.37. The van der Waals surface area contributed by atoms with Gasteiger partial charge in [0.1, 0.15) is 0 Å². The molecule has 10 heteroatoms. The van der Waals surface area contributed by atoms with Crippen molar-refractivity contribution in [3.8, 4) is 0 Å². The lowest BCUT2D eigenvalue weighted by Gasteiger charge is -2.20. The molecule has 0 fully saturated rings. The lowest BCUT2D eigenvalue weighted by molar-refractivity contribution is -0.129. The topological polar surface area (TPSA) is 139 Å². The monoisotopic (exact) mass is 290 g/mol. The summed E-state index contributed by atoms with van der Waals surface area (Å²) in [4.78, 5) is 37.1. The average molecular weight is 290 g/mol. The predicted octanol–water partition coefficient (Wildman–Crippen LogP) is -2.64. The summed E-state index contributed by atoms with van der Waals surface area (Å²) in [5, 5.41) is 23.1. The molecule has 106 valence electrons. The number of aliphatic hydroxyl groups is 2. The minimum absolute atomic E-state index is 0.0269. The Morgan fingerprint density at radius 2 is 1.89 bits per heavy atom. The Balaban J connectivity index is 2.61. The van der Waals surface area contributed by atoms with E-state index < -0.39 is 11.2 Å². The maximum absolute atomic E-state index is 11.7. The van der Waals surface area contributed by atoms with Gasteiger partial charge in [-0.05, 0) is 0 Å². The van der Waals surface area contributed by atoms with E-state index in [2.05, 4.69) is 10.2 Å². The first-order valence-electron chi connectivity index (χ1n) is 5.39. The van der Waals surface area contributed by atoms with Gasteiger partial charge < -0.3 is 15.1 Å². The number of aromatic amines is 2. The van der Waals surface area contributed by atoms with Crippen LogP contribution in [0, 0.1) is 0 Å². The van der Waals surface area contributed by atoms with Crippen LogP contribution in [-0.4, -0.2) is 68.3 Å². The fourth-order valence-corrected chi connectivity index (χ4v) is 1.99. The van der Waals surface area contributed by atoms with Gasteiger partial charge in [0.25, 0.3) is 5.56 Å². The Labute approximate surface area is 111 Å². The highest BCUT2D eigenvalue weighted by Gasteiger charge is 2.14. The second-order valence-electron chi connectivity index (χ2n) is 3.43. The first-order chi connectivity index (χ1) is 9.08. The largest absolute Gasteiger partial charge is 0.395 e. The quantitative estimate of drug-likeness (QED) is 0.402. The number of carbonyl (C=O) groups excluding carboxylic acids is 1. The summed E-state index contributed by atoms with van der Waals surface area (Å²) in [6.45, 7) is -0.216. The molecule has 0 saturated heterocycles.